The molecule has 0 saturated carbocycles. The molecule has 0 radical (unpaired) electrons. The molecule has 0 aliphatic rings. The van der Waals surface area contributed by atoms with Gasteiger partial charge in [0.05, 0.1) is 6.34 Å². The Labute approximate surface area is 148 Å². The second-order valence-corrected chi connectivity index (χ2v) is 8.32. The Bertz CT molecular complexity index is 857. The molecule has 3 nitrogen and oxygen atoms in total. The van der Waals surface area contributed by atoms with Crippen molar-refractivity contribution in [1.29, 1.82) is 0 Å². The molecule has 0 aromatic heterocycles. The van der Waals surface area contributed by atoms with E-state index in [9.17, 15) is 4.57 Å². The van der Waals surface area contributed by atoms with Crippen molar-refractivity contribution in [1.82, 2.24) is 0 Å². The van der Waals surface area contributed by atoms with E-state index in [2.05, 4.69) is 10.1 Å². The standard InChI is InChI=1S/C21H21N2OP/c1-17-10-9-11-18(2)21(17)22-16-23-25(24,19-12-5-3-6-13-19)20-14-7-4-8-15-20/h3-16H,1-2H3,(H,22,23,24). The van der Waals surface area contributed by atoms with Crippen LogP contribution in [0.2, 0.25) is 0 Å². The smallest absolute Gasteiger partial charge is 0.248 e. The van der Waals surface area contributed by atoms with Crippen molar-refractivity contribution < 1.29 is 4.57 Å². The van der Waals surface area contributed by atoms with Crippen LogP contribution in [0.25, 0.3) is 0 Å². The molecule has 0 unspecified atom stereocenters. The Morgan fingerprint density at radius 2 is 1.24 bits per heavy atom. The lowest BCUT2D eigenvalue weighted by Gasteiger charge is -2.15. The number of aryl methyl sites for hydroxylation is 2. The van der Waals surface area contributed by atoms with E-state index in [1.54, 1.807) is 6.34 Å². The van der Waals surface area contributed by atoms with Gasteiger partial charge in [-0.15, -0.1) is 0 Å². The summed E-state index contributed by atoms with van der Waals surface area (Å²) in [5, 5.41) is 4.66. The molecule has 0 aliphatic carbocycles. The first-order valence-electron chi connectivity index (χ1n) is 8.19. The zero-order valence-corrected chi connectivity index (χ0v) is 15.3. The number of benzene rings is 3. The van der Waals surface area contributed by atoms with Crippen LogP contribution in [0.3, 0.4) is 0 Å². The van der Waals surface area contributed by atoms with Gasteiger partial charge in [-0.1, -0.05) is 54.6 Å². The number of nitrogens with zero attached hydrogens (tertiary/aromatic N) is 1. The first kappa shape index (κ1) is 17.2. The Hall–Kier alpha value is -2.64. The first-order valence-corrected chi connectivity index (χ1v) is 9.85. The molecule has 0 fully saturated rings. The van der Waals surface area contributed by atoms with Crippen LogP contribution in [-0.2, 0) is 4.57 Å². The molecular formula is C21H21N2OP. The average Bonchev–Trinajstić information content (AvgIpc) is 2.65. The lowest BCUT2D eigenvalue weighted by molar-refractivity contribution is 0.588. The van der Waals surface area contributed by atoms with Crippen molar-refractivity contribution in [3.63, 3.8) is 0 Å². The fourth-order valence-electron chi connectivity index (χ4n) is 2.76. The van der Waals surface area contributed by atoms with Gasteiger partial charge in [-0.25, -0.2) is 4.76 Å². The Balaban J connectivity index is 1.98. The van der Waals surface area contributed by atoms with E-state index in [0.717, 1.165) is 27.4 Å². The minimum absolute atomic E-state index is 0.723. The van der Waals surface area contributed by atoms with E-state index >= 15 is 0 Å². The zero-order chi connectivity index (χ0) is 17.7. The molecule has 0 spiro atoms. The molecule has 3 rings (SSSR count). The van der Waals surface area contributed by atoms with E-state index in [4.69, 9.17) is 0 Å². The third kappa shape index (κ3) is 3.72. The average molecular weight is 348 g/mol. The van der Waals surface area contributed by atoms with E-state index in [1.807, 2.05) is 92.7 Å². The summed E-state index contributed by atoms with van der Waals surface area (Å²) in [6.45, 7) is 4.08. The van der Waals surface area contributed by atoms with Gasteiger partial charge >= 0.3 is 0 Å². The highest BCUT2D eigenvalue weighted by molar-refractivity contribution is 7.77. The van der Waals surface area contributed by atoms with Gasteiger partial charge in [-0.05, 0) is 49.2 Å². The van der Waals surface area contributed by atoms with Crippen molar-refractivity contribution >= 4 is 29.9 Å². The second kappa shape index (κ2) is 7.50. The van der Waals surface area contributed by atoms with Crippen molar-refractivity contribution in [2.24, 2.45) is 4.76 Å². The monoisotopic (exact) mass is 348 g/mol. The minimum Gasteiger partial charge on any atom is -0.346 e. The third-order valence-electron chi connectivity index (χ3n) is 4.12. The van der Waals surface area contributed by atoms with Crippen LogP contribution in [-0.4, -0.2) is 6.34 Å². The Kier molecular flexibility index (Phi) is 5.16. The third-order valence-corrected chi connectivity index (χ3v) is 6.56. The highest BCUT2D eigenvalue weighted by Gasteiger charge is 2.25. The Morgan fingerprint density at radius 3 is 1.72 bits per heavy atom. The molecular weight excluding hydrogens is 327 g/mol. The van der Waals surface area contributed by atoms with Gasteiger partial charge in [0, 0.05) is 16.3 Å². The summed E-state index contributed by atoms with van der Waals surface area (Å²) in [4.78, 5) is 0. The van der Waals surface area contributed by atoms with Crippen LogP contribution in [0.15, 0.2) is 83.6 Å². The number of hydrogen-bond acceptors (Lipinski definition) is 1. The predicted molar refractivity (Wildman–Crippen MR) is 108 cm³/mol. The molecule has 0 aliphatic heterocycles. The van der Waals surface area contributed by atoms with Crippen LogP contribution in [0.1, 0.15) is 11.1 Å². The van der Waals surface area contributed by atoms with Gasteiger partial charge in [0.2, 0.25) is 7.29 Å². The topological polar surface area (TPSA) is 41.5 Å². The molecule has 4 heteroatoms. The summed E-state index contributed by atoms with van der Waals surface area (Å²) < 4.78 is 18.2. The molecule has 0 bridgehead atoms. The normalized spacial score (nSPS) is 11.6. The summed E-state index contributed by atoms with van der Waals surface area (Å²) in [6, 6.07) is 24.9. The molecule has 0 amide bonds. The molecule has 3 aromatic carbocycles. The van der Waals surface area contributed by atoms with Crippen molar-refractivity contribution in [2.75, 3.05) is 5.32 Å². The van der Waals surface area contributed by atoms with Gasteiger partial charge in [0.1, 0.15) is 0 Å². The fourth-order valence-corrected chi connectivity index (χ4v) is 4.70. The van der Waals surface area contributed by atoms with Crippen LogP contribution in [0.4, 0.5) is 5.69 Å². The number of para-hydroxylation sites is 1. The molecule has 126 valence electrons. The Morgan fingerprint density at radius 1 is 0.760 bits per heavy atom. The molecule has 1 N–H and O–H groups in total. The number of rotatable bonds is 5. The number of anilines is 1. The number of nitrogens with one attached hydrogen (secondary N) is 1. The lowest BCUT2D eigenvalue weighted by atomic mass is 10.1. The highest BCUT2D eigenvalue weighted by atomic mass is 31.2. The summed E-state index contributed by atoms with van der Waals surface area (Å²) >= 11 is 0. The maximum atomic E-state index is 13.7. The second-order valence-electron chi connectivity index (χ2n) is 5.90. The minimum atomic E-state index is -3.08. The number of hydrogen-bond donors (Lipinski definition) is 1. The van der Waals surface area contributed by atoms with Gasteiger partial charge in [0.25, 0.3) is 0 Å². The largest absolute Gasteiger partial charge is 0.346 e. The fraction of sp³-hybridized carbons (Fsp3) is 0.0952. The van der Waals surface area contributed by atoms with Crippen molar-refractivity contribution in [3.8, 4) is 0 Å². The van der Waals surface area contributed by atoms with E-state index < -0.39 is 7.29 Å². The maximum absolute atomic E-state index is 13.7. The molecule has 0 atom stereocenters. The van der Waals surface area contributed by atoms with Gasteiger partial charge in [0.15, 0.2) is 0 Å². The molecule has 0 heterocycles. The quantitative estimate of drug-likeness (QED) is 0.413. The van der Waals surface area contributed by atoms with Crippen molar-refractivity contribution in [2.45, 2.75) is 13.8 Å². The SMILES string of the molecule is Cc1cccc(C)c1NC=NP(=O)(c1ccccc1)c1ccccc1. The van der Waals surface area contributed by atoms with Gasteiger partial charge < -0.3 is 5.32 Å². The lowest BCUT2D eigenvalue weighted by Crippen LogP contribution is -2.15. The van der Waals surface area contributed by atoms with Crippen molar-refractivity contribution in [3.05, 3.63) is 90.0 Å². The zero-order valence-electron chi connectivity index (χ0n) is 14.4. The highest BCUT2D eigenvalue weighted by Crippen LogP contribution is 2.44. The summed E-state index contributed by atoms with van der Waals surface area (Å²) in [5.41, 5.74) is 3.25. The molecule has 25 heavy (non-hydrogen) atoms. The summed E-state index contributed by atoms with van der Waals surface area (Å²) in [5.74, 6) is 0. The van der Waals surface area contributed by atoms with E-state index in [0.29, 0.717) is 0 Å². The van der Waals surface area contributed by atoms with Gasteiger partial charge in [-0.2, -0.15) is 0 Å². The maximum Gasteiger partial charge on any atom is 0.248 e. The van der Waals surface area contributed by atoms with Crippen LogP contribution >= 0.6 is 7.29 Å². The summed E-state index contributed by atoms with van der Waals surface area (Å²) in [7, 11) is -3.08. The first-order chi connectivity index (χ1) is 12.1. The van der Waals surface area contributed by atoms with Gasteiger partial charge in [-0.3, -0.25) is 4.57 Å². The van der Waals surface area contributed by atoms with Crippen LogP contribution < -0.4 is 15.9 Å². The van der Waals surface area contributed by atoms with E-state index in [-0.39, 0.29) is 0 Å². The van der Waals surface area contributed by atoms with Crippen LogP contribution in [0, 0.1) is 13.8 Å². The summed E-state index contributed by atoms with van der Waals surface area (Å²) in [6.07, 6.45) is 1.57. The molecule has 3 aromatic rings. The molecule has 0 saturated heterocycles. The predicted octanol–water partition coefficient (Wildman–Crippen LogP) is 4.67. The van der Waals surface area contributed by atoms with E-state index in [1.165, 1.54) is 0 Å². The van der Waals surface area contributed by atoms with Crippen LogP contribution in [0.5, 0.6) is 0 Å².